The Kier molecular flexibility index (Phi) is 5.64. The molecule has 0 aliphatic rings. The van der Waals surface area contributed by atoms with Crippen LogP contribution in [-0.2, 0) is 9.53 Å². The Bertz CT molecular complexity index is 739. The van der Waals surface area contributed by atoms with Gasteiger partial charge in [-0.05, 0) is 49.2 Å². The molecular formula is C17H15Cl2NO3. The molecule has 0 aliphatic heterocycles. The number of benzene rings is 2. The van der Waals surface area contributed by atoms with Crippen LogP contribution in [0.1, 0.15) is 21.5 Å². The fraction of sp³-hybridized carbons (Fsp3) is 0.176. The molecule has 2 aromatic rings. The minimum atomic E-state index is -0.701. The molecule has 120 valence electrons. The number of halogens is 2. The molecule has 0 spiro atoms. The van der Waals surface area contributed by atoms with Gasteiger partial charge in [0, 0.05) is 5.69 Å². The topological polar surface area (TPSA) is 55.4 Å². The van der Waals surface area contributed by atoms with Crippen LogP contribution in [0.15, 0.2) is 36.4 Å². The van der Waals surface area contributed by atoms with Gasteiger partial charge in [-0.2, -0.15) is 0 Å². The van der Waals surface area contributed by atoms with Crippen LogP contribution in [0, 0.1) is 13.8 Å². The van der Waals surface area contributed by atoms with Gasteiger partial charge in [-0.15, -0.1) is 0 Å². The Morgan fingerprint density at radius 2 is 1.74 bits per heavy atom. The molecule has 23 heavy (non-hydrogen) atoms. The summed E-state index contributed by atoms with van der Waals surface area (Å²) in [6, 6.07) is 10.3. The molecule has 2 aromatic carbocycles. The zero-order valence-electron chi connectivity index (χ0n) is 12.7. The molecule has 0 radical (unpaired) electrons. The third kappa shape index (κ3) is 4.71. The van der Waals surface area contributed by atoms with Gasteiger partial charge in [0.1, 0.15) is 0 Å². The van der Waals surface area contributed by atoms with Gasteiger partial charge < -0.3 is 10.1 Å². The van der Waals surface area contributed by atoms with E-state index in [-0.39, 0.29) is 15.6 Å². The third-order valence-electron chi connectivity index (χ3n) is 3.01. The average molecular weight is 352 g/mol. The second-order valence-electron chi connectivity index (χ2n) is 5.10. The van der Waals surface area contributed by atoms with Gasteiger partial charge in [0.25, 0.3) is 5.91 Å². The first-order valence-electron chi connectivity index (χ1n) is 6.86. The molecule has 0 unspecified atom stereocenters. The molecular weight excluding hydrogens is 337 g/mol. The van der Waals surface area contributed by atoms with Gasteiger partial charge >= 0.3 is 5.97 Å². The van der Waals surface area contributed by atoms with Crippen LogP contribution in [0.5, 0.6) is 0 Å². The predicted octanol–water partition coefficient (Wildman–Crippen LogP) is 4.41. The number of hydrogen-bond acceptors (Lipinski definition) is 3. The summed E-state index contributed by atoms with van der Waals surface area (Å²) < 4.78 is 4.96. The summed E-state index contributed by atoms with van der Waals surface area (Å²) in [5.74, 6) is -1.13. The first-order chi connectivity index (χ1) is 10.9. The molecule has 1 N–H and O–H groups in total. The van der Waals surface area contributed by atoms with E-state index in [1.807, 2.05) is 32.0 Å². The van der Waals surface area contributed by atoms with Crippen molar-refractivity contribution >= 4 is 40.8 Å². The quantitative estimate of drug-likeness (QED) is 0.830. The molecule has 0 fully saturated rings. The van der Waals surface area contributed by atoms with Crippen LogP contribution in [-0.4, -0.2) is 18.5 Å². The van der Waals surface area contributed by atoms with Gasteiger partial charge in [0.2, 0.25) is 0 Å². The first kappa shape index (κ1) is 17.3. The van der Waals surface area contributed by atoms with E-state index in [9.17, 15) is 9.59 Å². The van der Waals surface area contributed by atoms with E-state index in [0.717, 1.165) is 11.1 Å². The molecule has 0 heterocycles. The number of aryl methyl sites for hydroxylation is 2. The maximum atomic E-state index is 11.9. The van der Waals surface area contributed by atoms with Crippen LogP contribution >= 0.6 is 23.2 Å². The van der Waals surface area contributed by atoms with Crippen LogP contribution in [0.4, 0.5) is 5.69 Å². The molecule has 4 nitrogen and oxygen atoms in total. The standard InChI is InChI=1S/C17H15Cl2NO3/c1-10-6-11(2)8-12(7-10)20-15(21)9-23-17(22)13-4-3-5-14(18)16(13)19/h3-8H,9H2,1-2H3,(H,20,21). The normalized spacial score (nSPS) is 10.3. The van der Waals surface area contributed by atoms with Crippen molar-refractivity contribution in [3.8, 4) is 0 Å². The zero-order chi connectivity index (χ0) is 17.0. The van der Waals surface area contributed by atoms with Gasteiger partial charge in [-0.3, -0.25) is 4.79 Å². The molecule has 0 saturated heterocycles. The summed E-state index contributed by atoms with van der Waals surface area (Å²) in [6.45, 7) is 3.46. The Morgan fingerprint density at radius 3 is 2.39 bits per heavy atom. The summed E-state index contributed by atoms with van der Waals surface area (Å²) in [6.07, 6.45) is 0. The molecule has 0 aromatic heterocycles. The van der Waals surface area contributed by atoms with Crippen molar-refractivity contribution in [3.63, 3.8) is 0 Å². The van der Waals surface area contributed by atoms with E-state index < -0.39 is 18.5 Å². The van der Waals surface area contributed by atoms with Crippen LogP contribution in [0.2, 0.25) is 10.0 Å². The largest absolute Gasteiger partial charge is 0.452 e. The second-order valence-corrected chi connectivity index (χ2v) is 5.89. The maximum Gasteiger partial charge on any atom is 0.340 e. The van der Waals surface area contributed by atoms with Crippen molar-refractivity contribution in [2.24, 2.45) is 0 Å². The number of carbonyl (C=O) groups is 2. The Labute approximate surface area is 144 Å². The Morgan fingerprint density at radius 1 is 1.09 bits per heavy atom. The first-order valence-corrected chi connectivity index (χ1v) is 7.61. The highest BCUT2D eigenvalue weighted by Crippen LogP contribution is 2.26. The minimum Gasteiger partial charge on any atom is -0.452 e. The van der Waals surface area contributed by atoms with Crippen molar-refractivity contribution in [3.05, 3.63) is 63.1 Å². The lowest BCUT2D eigenvalue weighted by atomic mass is 10.1. The van der Waals surface area contributed by atoms with Crippen molar-refractivity contribution in [1.29, 1.82) is 0 Å². The number of carbonyl (C=O) groups excluding carboxylic acids is 2. The lowest BCUT2D eigenvalue weighted by molar-refractivity contribution is -0.119. The van der Waals surface area contributed by atoms with Crippen LogP contribution in [0.3, 0.4) is 0 Å². The Balaban J connectivity index is 1.96. The molecule has 6 heteroatoms. The van der Waals surface area contributed by atoms with Crippen molar-refractivity contribution < 1.29 is 14.3 Å². The number of ether oxygens (including phenoxy) is 1. The number of rotatable bonds is 4. The molecule has 1 amide bonds. The van der Waals surface area contributed by atoms with E-state index in [1.165, 1.54) is 6.07 Å². The van der Waals surface area contributed by atoms with Gasteiger partial charge in [0.05, 0.1) is 15.6 Å². The van der Waals surface area contributed by atoms with Gasteiger partial charge in [0.15, 0.2) is 6.61 Å². The molecule has 0 atom stereocenters. The van der Waals surface area contributed by atoms with E-state index in [4.69, 9.17) is 27.9 Å². The van der Waals surface area contributed by atoms with Gasteiger partial charge in [-0.1, -0.05) is 35.3 Å². The third-order valence-corrected chi connectivity index (χ3v) is 3.83. The van der Waals surface area contributed by atoms with E-state index in [0.29, 0.717) is 5.69 Å². The Hall–Kier alpha value is -2.04. The molecule has 2 rings (SSSR count). The van der Waals surface area contributed by atoms with E-state index >= 15 is 0 Å². The zero-order valence-corrected chi connectivity index (χ0v) is 14.2. The van der Waals surface area contributed by atoms with E-state index in [2.05, 4.69) is 5.32 Å². The number of esters is 1. The molecule has 0 bridgehead atoms. The summed E-state index contributed by atoms with van der Waals surface area (Å²) in [5.41, 5.74) is 2.84. The van der Waals surface area contributed by atoms with Crippen LogP contribution in [0.25, 0.3) is 0 Å². The fourth-order valence-corrected chi connectivity index (χ4v) is 2.49. The monoisotopic (exact) mass is 351 g/mol. The van der Waals surface area contributed by atoms with Gasteiger partial charge in [-0.25, -0.2) is 4.79 Å². The smallest absolute Gasteiger partial charge is 0.340 e. The summed E-state index contributed by atoms with van der Waals surface area (Å²) in [4.78, 5) is 23.8. The summed E-state index contributed by atoms with van der Waals surface area (Å²) >= 11 is 11.8. The number of amides is 1. The second kappa shape index (κ2) is 7.49. The highest BCUT2D eigenvalue weighted by atomic mass is 35.5. The minimum absolute atomic E-state index is 0.105. The van der Waals surface area contributed by atoms with Crippen LogP contribution < -0.4 is 5.32 Å². The number of nitrogens with one attached hydrogen (secondary N) is 1. The van der Waals surface area contributed by atoms with Crippen molar-refractivity contribution in [2.75, 3.05) is 11.9 Å². The van der Waals surface area contributed by atoms with E-state index in [1.54, 1.807) is 12.1 Å². The lowest BCUT2D eigenvalue weighted by Crippen LogP contribution is -2.21. The van der Waals surface area contributed by atoms with Crippen molar-refractivity contribution in [2.45, 2.75) is 13.8 Å². The SMILES string of the molecule is Cc1cc(C)cc(NC(=O)COC(=O)c2cccc(Cl)c2Cl)c1. The predicted molar refractivity (Wildman–Crippen MR) is 91.3 cm³/mol. The molecule has 0 saturated carbocycles. The highest BCUT2D eigenvalue weighted by Gasteiger charge is 2.15. The van der Waals surface area contributed by atoms with Crippen molar-refractivity contribution in [1.82, 2.24) is 0 Å². The average Bonchev–Trinajstić information content (AvgIpc) is 2.46. The summed E-state index contributed by atoms with van der Waals surface area (Å²) in [5, 5.41) is 3.04. The fourth-order valence-electron chi connectivity index (χ4n) is 2.11. The number of hydrogen-bond donors (Lipinski definition) is 1. The summed E-state index contributed by atoms with van der Waals surface area (Å²) in [7, 11) is 0. The highest BCUT2D eigenvalue weighted by molar-refractivity contribution is 6.43. The number of anilines is 1. The maximum absolute atomic E-state index is 11.9. The lowest BCUT2D eigenvalue weighted by Gasteiger charge is -2.09. The molecule has 0 aliphatic carbocycles.